The summed E-state index contributed by atoms with van der Waals surface area (Å²) in [6, 6.07) is 61.3. The van der Waals surface area contributed by atoms with E-state index in [-0.39, 0.29) is 64.0 Å². The van der Waals surface area contributed by atoms with Crippen molar-refractivity contribution in [3.05, 3.63) is 287 Å². The molecule has 0 aliphatic carbocycles. The van der Waals surface area contributed by atoms with Gasteiger partial charge >= 0.3 is 53.7 Å². The summed E-state index contributed by atoms with van der Waals surface area (Å²) in [6.07, 6.45) is -27.9. The molecule has 11 rings (SSSR count). The van der Waals surface area contributed by atoms with E-state index in [9.17, 15) is 53.4 Å². The number of carbonyl (C=O) groups is 9. The Morgan fingerprint density at radius 2 is 0.598 bits per heavy atom. The minimum absolute atomic E-state index is 0.00411. The second kappa shape index (κ2) is 38.1. The molecule has 26 heteroatoms. The van der Waals surface area contributed by atoms with Crippen molar-refractivity contribution in [3.8, 4) is 0 Å². The van der Waals surface area contributed by atoms with Gasteiger partial charge in [0.25, 0.3) is 0 Å². The standard InChI is InChI=1S/C81H76O26/c1-93-61(82)45-27-10-28-46-94-79-63(84)66(107-81-70(106-78(92)57-43-25-9-26-44-57)68(104-76(90)55-39-21-7-22-40-55)65(102-74(88)53-35-17-5-18-36-53)60(100-81)49-96-72(86)51-31-13-3-14-32-51)62(83)58(98-79)47-97-80-69(105-77(91)56-41-23-8-24-42-56)67(103-75(89)54-37-19-6-20-38-54)64(101-73(87)52-33-15-4-16-34-52)59(99-80)48-95-71(85)50-29-11-2-12-30-50/h2-9,11-26,29-44,58-60,62-70,79-81,83-84H,10,27-28,45-49H2,1H3/t58-,59-,60-,62-,63+,64-,65-,66+,67+,68+,69+,70+,79+,80+,81-/m1/s1. The fraction of sp³-hybridized carbons (Fsp3) is 0.296. The average Bonchev–Trinajstić information content (AvgIpc) is 0.771. The molecular weight excluding hydrogens is 1390 g/mol. The van der Waals surface area contributed by atoms with E-state index in [1.807, 2.05) is 0 Å². The summed E-state index contributed by atoms with van der Waals surface area (Å²) in [5.41, 5.74) is 0.107. The first-order valence-corrected chi connectivity index (χ1v) is 34.4. The summed E-state index contributed by atoms with van der Waals surface area (Å²) in [6.45, 7) is -2.61. The van der Waals surface area contributed by atoms with Crippen molar-refractivity contribution in [2.75, 3.05) is 33.5 Å². The smallest absolute Gasteiger partial charge is 0.338 e. The largest absolute Gasteiger partial charge is 0.469 e. The lowest BCUT2D eigenvalue weighted by atomic mass is 9.95. The van der Waals surface area contributed by atoms with Crippen LogP contribution in [-0.4, -0.2) is 190 Å². The van der Waals surface area contributed by atoms with Crippen molar-refractivity contribution in [1.29, 1.82) is 0 Å². The summed E-state index contributed by atoms with van der Waals surface area (Å²) in [7, 11) is 1.26. The Balaban J connectivity index is 0.988. The van der Waals surface area contributed by atoms with Crippen molar-refractivity contribution in [2.45, 2.75) is 118 Å². The second-order valence-corrected chi connectivity index (χ2v) is 24.6. The third kappa shape index (κ3) is 20.6. The van der Waals surface area contributed by atoms with Crippen LogP contribution in [0, 0.1) is 0 Å². The van der Waals surface area contributed by atoms with Gasteiger partial charge in [-0.25, -0.2) is 38.4 Å². The fourth-order valence-electron chi connectivity index (χ4n) is 11.8. The summed E-state index contributed by atoms with van der Waals surface area (Å²) in [5, 5.41) is 25.7. The van der Waals surface area contributed by atoms with Gasteiger partial charge in [0, 0.05) is 13.0 Å². The maximum atomic E-state index is 14.6. The molecule has 26 nitrogen and oxygen atoms in total. The number of methoxy groups -OCH3 is 1. The molecule has 3 fully saturated rings. The van der Waals surface area contributed by atoms with Crippen molar-refractivity contribution < 1.29 is 124 Å². The number of esters is 9. The minimum atomic E-state index is -2.14. The van der Waals surface area contributed by atoms with Crippen LogP contribution in [0.4, 0.5) is 0 Å². The lowest BCUT2D eigenvalue weighted by Crippen LogP contribution is -2.67. The van der Waals surface area contributed by atoms with Gasteiger partial charge in [-0.3, -0.25) is 4.79 Å². The third-order valence-electron chi connectivity index (χ3n) is 17.4. The van der Waals surface area contributed by atoms with Crippen LogP contribution in [0.1, 0.15) is 109 Å². The van der Waals surface area contributed by atoms with Gasteiger partial charge in [-0.15, -0.1) is 0 Å². The average molecular weight is 1470 g/mol. The lowest BCUT2D eigenvalue weighted by molar-refractivity contribution is -0.364. The minimum Gasteiger partial charge on any atom is -0.469 e. The number of aliphatic hydroxyl groups excluding tert-OH is 2. The van der Waals surface area contributed by atoms with Crippen LogP contribution in [0.25, 0.3) is 0 Å². The molecule has 2 N–H and O–H groups in total. The highest BCUT2D eigenvalue weighted by Gasteiger charge is 2.58. The Bertz CT molecular complexity index is 4220. The lowest BCUT2D eigenvalue weighted by Gasteiger charge is -2.48. The molecule has 3 saturated heterocycles. The summed E-state index contributed by atoms with van der Waals surface area (Å²) in [4.78, 5) is 127. The molecule has 0 radical (unpaired) electrons. The van der Waals surface area contributed by atoms with Crippen LogP contribution in [-0.2, 0) is 75.8 Å². The molecule has 8 aromatic rings. The molecule has 3 heterocycles. The molecule has 556 valence electrons. The number of hydrogen-bond acceptors (Lipinski definition) is 26. The van der Waals surface area contributed by atoms with E-state index in [0.29, 0.717) is 12.8 Å². The van der Waals surface area contributed by atoms with Gasteiger partial charge in [0.15, 0.2) is 55.5 Å². The predicted octanol–water partition coefficient (Wildman–Crippen LogP) is 9.10. The quantitative estimate of drug-likeness (QED) is 0.0241. The van der Waals surface area contributed by atoms with Crippen LogP contribution >= 0.6 is 0 Å². The number of hydrogen-bond donors (Lipinski definition) is 2. The van der Waals surface area contributed by atoms with Crippen molar-refractivity contribution in [1.82, 2.24) is 0 Å². The number of carbonyl (C=O) groups excluding carboxylic acids is 9. The van der Waals surface area contributed by atoms with Gasteiger partial charge in [0.05, 0.1) is 58.2 Å². The Morgan fingerprint density at radius 3 is 0.944 bits per heavy atom. The zero-order valence-corrected chi connectivity index (χ0v) is 57.6. The summed E-state index contributed by atoms with van der Waals surface area (Å²) in [5.74, 6) is -8.36. The van der Waals surface area contributed by atoms with Gasteiger partial charge in [0.2, 0.25) is 0 Å². The van der Waals surface area contributed by atoms with Crippen LogP contribution < -0.4 is 0 Å². The van der Waals surface area contributed by atoms with E-state index >= 15 is 0 Å². The van der Waals surface area contributed by atoms with E-state index in [1.54, 1.807) is 133 Å². The van der Waals surface area contributed by atoms with Gasteiger partial charge in [0.1, 0.15) is 49.8 Å². The maximum absolute atomic E-state index is 14.6. The molecule has 0 aromatic heterocycles. The number of ether oxygens (including phenoxy) is 15. The van der Waals surface area contributed by atoms with E-state index in [1.165, 1.54) is 116 Å². The van der Waals surface area contributed by atoms with Crippen LogP contribution in [0.2, 0.25) is 0 Å². The topological polar surface area (TPSA) is 333 Å². The molecule has 107 heavy (non-hydrogen) atoms. The molecule has 8 aromatic carbocycles. The second-order valence-electron chi connectivity index (χ2n) is 24.6. The van der Waals surface area contributed by atoms with Crippen LogP contribution in [0.5, 0.6) is 0 Å². The molecule has 0 saturated carbocycles. The molecular formula is C81H76O26. The Hall–Kier alpha value is -11.3. The molecule has 3 aliphatic heterocycles. The van der Waals surface area contributed by atoms with E-state index in [2.05, 4.69) is 0 Å². The molecule has 3 aliphatic rings. The first-order valence-electron chi connectivity index (χ1n) is 34.4. The number of benzene rings is 8. The SMILES string of the molecule is COC(=O)CCCCCO[C@H]1O[C@H](CO[C@H]2O[C@H](COC(=O)c3ccccc3)[C@@H](OC(=O)c3ccccc3)[C@H](OC(=O)c3ccccc3)[C@@H]2OC(=O)c2ccccc2)[C@@H](O)[C@H](O[C@H]2O[C@H](COC(=O)c3ccccc3)[C@@H](OC(=O)c3ccccc3)[C@H](OC(=O)c3ccccc3)[C@@H]2OC(=O)c2ccccc2)[C@@H]1O. The zero-order chi connectivity index (χ0) is 75.0. The number of aliphatic hydroxyl groups is 2. The van der Waals surface area contributed by atoms with Crippen molar-refractivity contribution in [3.63, 3.8) is 0 Å². The van der Waals surface area contributed by atoms with Gasteiger partial charge in [-0.05, 0) is 110 Å². The molecule has 0 unspecified atom stereocenters. The first kappa shape index (κ1) is 76.8. The molecule has 0 amide bonds. The zero-order valence-electron chi connectivity index (χ0n) is 57.6. The summed E-state index contributed by atoms with van der Waals surface area (Å²) >= 11 is 0. The maximum Gasteiger partial charge on any atom is 0.338 e. The monoisotopic (exact) mass is 1460 g/mol. The molecule has 15 atom stereocenters. The number of rotatable bonds is 30. The van der Waals surface area contributed by atoms with Gasteiger partial charge < -0.3 is 81.3 Å². The highest BCUT2D eigenvalue weighted by Crippen LogP contribution is 2.37. The van der Waals surface area contributed by atoms with Gasteiger partial charge in [-0.1, -0.05) is 152 Å². The summed E-state index contributed by atoms with van der Waals surface area (Å²) < 4.78 is 93.4. The van der Waals surface area contributed by atoms with Crippen LogP contribution in [0.15, 0.2) is 243 Å². The fourth-order valence-corrected chi connectivity index (χ4v) is 11.8. The van der Waals surface area contributed by atoms with E-state index < -0.39 is 166 Å². The van der Waals surface area contributed by atoms with Crippen molar-refractivity contribution in [2.24, 2.45) is 0 Å². The predicted molar refractivity (Wildman–Crippen MR) is 373 cm³/mol. The third-order valence-corrected chi connectivity index (χ3v) is 17.4. The molecule has 0 bridgehead atoms. The Kier molecular flexibility index (Phi) is 27.3. The van der Waals surface area contributed by atoms with E-state index in [0.717, 1.165) is 0 Å². The van der Waals surface area contributed by atoms with Crippen molar-refractivity contribution >= 4 is 53.7 Å². The van der Waals surface area contributed by atoms with Gasteiger partial charge in [-0.2, -0.15) is 0 Å². The highest BCUT2D eigenvalue weighted by molar-refractivity contribution is 5.93. The Labute approximate surface area is 614 Å². The molecule has 0 spiro atoms. The highest BCUT2D eigenvalue weighted by atomic mass is 16.8. The number of unbranched alkanes of at least 4 members (excludes halogenated alkanes) is 2. The normalized spacial score (nSPS) is 23.8. The van der Waals surface area contributed by atoms with E-state index in [4.69, 9.17) is 71.1 Å². The Morgan fingerprint density at radius 1 is 0.299 bits per heavy atom. The first-order chi connectivity index (χ1) is 52.1. The van der Waals surface area contributed by atoms with Crippen LogP contribution in [0.3, 0.4) is 0 Å².